The molecule has 1 aliphatic rings. The number of Topliss-reactive ketones (excluding diaryl/α,β-unsaturated/α-hetero) is 1. The van der Waals surface area contributed by atoms with Crippen LogP contribution in [0.25, 0.3) is 5.76 Å². The summed E-state index contributed by atoms with van der Waals surface area (Å²) in [5, 5.41) is 11.0. The van der Waals surface area contributed by atoms with Crippen LogP contribution in [0.5, 0.6) is 5.75 Å². The van der Waals surface area contributed by atoms with Crippen LogP contribution >= 0.6 is 0 Å². The monoisotopic (exact) mass is 421 g/mol. The number of rotatable bonds is 4. The maximum absolute atomic E-state index is 13.7. The lowest BCUT2D eigenvalue weighted by molar-refractivity contribution is -0.132. The molecule has 4 rings (SSSR count). The summed E-state index contributed by atoms with van der Waals surface area (Å²) in [5.74, 6) is -1.27. The molecule has 1 amide bonds. The van der Waals surface area contributed by atoms with Crippen molar-refractivity contribution in [3.05, 3.63) is 88.6 Å². The molecule has 1 saturated heterocycles. The molecule has 2 aromatic carbocycles. The molecule has 0 bridgehead atoms. The highest BCUT2D eigenvalue weighted by Crippen LogP contribution is 2.45. The molecule has 1 atom stereocenters. The minimum absolute atomic E-state index is 0.142. The van der Waals surface area contributed by atoms with Crippen LogP contribution in [0, 0.1) is 19.7 Å². The van der Waals surface area contributed by atoms with E-state index >= 15 is 0 Å². The van der Waals surface area contributed by atoms with Gasteiger partial charge in [-0.25, -0.2) is 4.39 Å². The van der Waals surface area contributed by atoms with Crippen molar-refractivity contribution in [2.45, 2.75) is 19.9 Å². The molecule has 1 aliphatic heterocycles. The first kappa shape index (κ1) is 20.4. The smallest absolute Gasteiger partial charge is 0.300 e. The number of ketones is 1. The predicted molar refractivity (Wildman–Crippen MR) is 112 cm³/mol. The normalized spacial score (nSPS) is 17.9. The Morgan fingerprint density at radius 2 is 1.84 bits per heavy atom. The van der Waals surface area contributed by atoms with E-state index in [4.69, 9.17) is 9.15 Å². The summed E-state index contributed by atoms with van der Waals surface area (Å²) in [7, 11) is 1.46. The molecule has 0 saturated carbocycles. The highest BCUT2D eigenvalue weighted by molar-refractivity contribution is 6.51. The maximum atomic E-state index is 13.7. The number of benzene rings is 2. The number of carbonyl (C=O) groups excluding carboxylic acids is 2. The molecule has 158 valence electrons. The first-order valence-corrected chi connectivity index (χ1v) is 9.60. The Labute approximate surface area is 178 Å². The van der Waals surface area contributed by atoms with E-state index in [0.29, 0.717) is 28.5 Å². The van der Waals surface area contributed by atoms with Gasteiger partial charge in [0, 0.05) is 5.56 Å². The largest absolute Gasteiger partial charge is 0.507 e. The summed E-state index contributed by atoms with van der Waals surface area (Å²) in [6.07, 6.45) is 0. The number of aliphatic hydroxyl groups is 1. The molecule has 2 heterocycles. The third-order valence-corrected chi connectivity index (χ3v) is 5.25. The third kappa shape index (κ3) is 3.38. The molecule has 1 N–H and O–H groups in total. The van der Waals surface area contributed by atoms with Gasteiger partial charge in [0.25, 0.3) is 11.7 Å². The number of nitrogens with zero attached hydrogens (tertiary/aromatic N) is 1. The number of hydrogen-bond acceptors (Lipinski definition) is 5. The number of furan rings is 1. The van der Waals surface area contributed by atoms with E-state index in [2.05, 4.69) is 0 Å². The van der Waals surface area contributed by atoms with Crippen molar-refractivity contribution in [2.75, 3.05) is 12.0 Å². The van der Waals surface area contributed by atoms with Crippen molar-refractivity contribution >= 4 is 23.1 Å². The third-order valence-electron chi connectivity index (χ3n) is 5.25. The van der Waals surface area contributed by atoms with Crippen molar-refractivity contribution in [3.63, 3.8) is 0 Å². The fraction of sp³-hybridized carbons (Fsp3) is 0.167. The summed E-state index contributed by atoms with van der Waals surface area (Å²) < 4.78 is 24.9. The lowest BCUT2D eigenvalue weighted by atomic mass is 9.98. The zero-order chi connectivity index (χ0) is 22.3. The zero-order valence-electron chi connectivity index (χ0n) is 17.2. The lowest BCUT2D eigenvalue weighted by Crippen LogP contribution is -2.29. The number of aryl methyl sites for hydroxylation is 2. The van der Waals surface area contributed by atoms with Crippen molar-refractivity contribution in [3.8, 4) is 5.75 Å². The first-order valence-electron chi connectivity index (χ1n) is 9.60. The number of methoxy groups -OCH3 is 1. The average Bonchev–Trinajstić information content (AvgIpc) is 3.30. The second-order valence-corrected chi connectivity index (χ2v) is 7.25. The molecular weight excluding hydrogens is 401 g/mol. The minimum atomic E-state index is -1.02. The molecule has 1 unspecified atom stereocenters. The van der Waals surface area contributed by atoms with Gasteiger partial charge in [-0.1, -0.05) is 12.1 Å². The summed E-state index contributed by atoms with van der Waals surface area (Å²) in [4.78, 5) is 27.4. The SMILES string of the molecule is COc1ccccc1N1C(=O)C(=O)/C(=C(\O)c2ccc(F)c(C)c2)C1c1ccc(C)o1. The van der Waals surface area contributed by atoms with Gasteiger partial charge in [-0.3, -0.25) is 14.5 Å². The number of ether oxygens (including phenoxy) is 1. The van der Waals surface area contributed by atoms with Crippen LogP contribution in [0.4, 0.5) is 10.1 Å². The summed E-state index contributed by atoms with van der Waals surface area (Å²) in [6, 6.07) is 13.1. The number of hydrogen-bond donors (Lipinski definition) is 1. The quantitative estimate of drug-likeness (QED) is 0.376. The number of carbonyl (C=O) groups is 2. The van der Waals surface area contributed by atoms with E-state index < -0.39 is 29.3 Å². The predicted octanol–water partition coefficient (Wildman–Crippen LogP) is 4.67. The highest BCUT2D eigenvalue weighted by atomic mass is 19.1. The van der Waals surface area contributed by atoms with E-state index in [9.17, 15) is 19.1 Å². The first-order chi connectivity index (χ1) is 14.8. The highest BCUT2D eigenvalue weighted by Gasteiger charge is 2.49. The van der Waals surface area contributed by atoms with Crippen molar-refractivity contribution in [1.29, 1.82) is 0 Å². The Balaban J connectivity index is 1.97. The van der Waals surface area contributed by atoms with E-state index in [1.54, 1.807) is 50.2 Å². The average molecular weight is 421 g/mol. The van der Waals surface area contributed by atoms with Gasteiger partial charge in [-0.05, 0) is 61.9 Å². The fourth-order valence-corrected chi connectivity index (χ4v) is 3.73. The van der Waals surface area contributed by atoms with Crippen LogP contribution in [-0.2, 0) is 9.59 Å². The second-order valence-electron chi connectivity index (χ2n) is 7.25. The van der Waals surface area contributed by atoms with Crippen molar-refractivity contribution in [2.24, 2.45) is 0 Å². The Bertz CT molecular complexity index is 1230. The maximum Gasteiger partial charge on any atom is 0.300 e. The van der Waals surface area contributed by atoms with Gasteiger partial charge in [0.1, 0.15) is 34.9 Å². The van der Waals surface area contributed by atoms with Gasteiger partial charge in [-0.15, -0.1) is 0 Å². The van der Waals surface area contributed by atoms with Gasteiger partial charge in [-0.2, -0.15) is 0 Å². The summed E-state index contributed by atoms with van der Waals surface area (Å²) in [6.45, 7) is 3.29. The van der Waals surface area contributed by atoms with E-state index in [1.165, 1.54) is 30.2 Å². The Morgan fingerprint density at radius 1 is 1.10 bits per heavy atom. The van der Waals surface area contributed by atoms with Gasteiger partial charge in [0.05, 0.1) is 18.4 Å². The molecule has 0 aliphatic carbocycles. The van der Waals surface area contributed by atoms with Gasteiger partial charge in [0.15, 0.2) is 0 Å². The molecule has 0 radical (unpaired) electrons. The number of aliphatic hydroxyl groups excluding tert-OH is 1. The number of anilines is 1. The van der Waals surface area contributed by atoms with Crippen LogP contribution < -0.4 is 9.64 Å². The van der Waals surface area contributed by atoms with Gasteiger partial charge in [0.2, 0.25) is 0 Å². The van der Waals surface area contributed by atoms with E-state index in [0.717, 1.165) is 0 Å². The molecule has 3 aromatic rings. The van der Waals surface area contributed by atoms with Crippen molar-refractivity contribution < 1.29 is 28.2 Å². The molecule has 1 aromatic heterocycles. The second kappa shape index (κ2) is 7.75. The lowest BCUT2D eigenvalue weighted by Gasteiger charge is -2.25. The molecule has 7 heteroatoms. The van der Waals surface area contributed by atoms with Crippen LogP contribution in [0.3, 0.4) is 0 Å². The van der Waals surface area contributed by atoms with Crippen LogP contribution in [0.1, 0.15) is 28.7 Å². The Hall–Kier alpha value is -3.87. The molecular formula is C24H20FNO5. The Morgan fingerprint density at radius 3 is 2.48 bits per heavy atom. The summed E-state index contributed by atoms with van der Waals surface area (Å²) in [5.41, 5.74) is 0.746. The molecule has 1 fully saturated rings. The number of para-hydroxylation sites is 2. The standard InChI is InChI=1S/C24H20FNO5/c1-13-12-15(9-10-16(13)25)22(27)20-21(19-11-8-14(2)31-19)26(24(29)23(20)28)17-6-4-5-7-18(17)30-3/h4-12,21,27H,1-3H3/b22-20-. The fourth-order valence-electron chi connectivity index (χ4n) is 3.73. The zero-order valence-corrected chi connectivity index (χ0v) is 17.2. The van der Waals surface area contributed by atoms with Crippen LogP contribution in [0.15, 0.2) is 64.6 Å². The van der Waals surface area contributed by atoms with E-state index in [1.807, 2.05) is 0 Å². The molecule has 6 nitrogen and oxygen atoms in total. The molecule has 0 spiro atoms. The summed E-state index contributed by atoms with van der Waals surface area (Å²) >= 11 is 0. The topological polar surface area (TPSA) is 80.0 Å². The molecule has 31 heavy (non-hydrogen) atoms. The minimum Gasteiger partial charge on any atom is -0.507 e. The number of amides is 1. The van der Waals surface area contributed by atoms with Gasteiger partial charge < -0.3 is 14.3 Å². The van der Waals surface area contributed by atoms with Crippen molar-refractivity contribution in [1.82, 2.24) is 0 Å². The van der Waals surface area contributed by atoms with Crippen LogP contribution in [-0.4, -0.2) is 23.9 Å². The Kier molecular flexibility index (Phi) is 5.10. The number of halogens is 1. The van der Waals surface area contributed by atoms with E-state index in [-0.39, 0.29) is 11.1 Å². The van der Waals surface area contributed by atoms with Gasteiger partial charge >= 0.3 is 0 Å². The van der Waals surface area contributed by atoms with Crippen LogP contribution in [0.2, 0.25) is 0 Å².